The Morgan fingerprint density at radius 2 is 1.48 bits per heavy atom. The lowest BCUT2D eigenvalue weighted by molar-refractivity contribution is 0.252. The quantitative estimate of drug-likeness (QED) is 0.529. The predicted octanol–water partition coefficient (Wildman–Crippen LogP) is 4.63. The summed E-state index contributed by atoms with van der Waals surface area (Å²) < 4.78 is 5.80. The molecule has 5 nitrogen and oxygen atoms in total. The van der Waals surface area contributed by atoms with Crippen LogP contribution in [0.3, 0.4) is 0 Å². The summed E-state index contributed by atoms with van der Waals surface area (Å²) in [7, 11) is 0. The van der Waals surface area contributed by atoms with Crippen LogP contribution in [-0.2, 0) is 0 Å². The zero-order valence-corrected chi connectivity index (χ0v) is 13.4. The van der Waals surface area contributed by atoms with Crippen molar-refractivity contribution in [1.29, 1.82) is 0 Å². The van der Waals surface area contributed by atoms with Gasteiger partial charge < -0.3 is 10.1 Å². The van der Waals surface area contributed by atoms with Gasteiger partial charge in [-0.1, -0.05) is 60.7 Å². The minimum absolute atomic E-state index is 0.448. The maximum atomic E-state index is 12.0. The molecule has 124 valence electrons. The van der Waals surface area contributed by atoms with Gasteiger partial charge in [0.2, 0.25) is 0 Å². The van der Waals surface area contributed by atoms with Gasteiger partial charge in [0.15, 0.2) is 5.75 Å². The minimum atomic E-state index is -0.448. The molecule has 2 amide bonds. The van der Waals surface area contributed by atoms with Crippen LogP contribution >= 0.6 is 0 Å². The number of amides is 2. The largest absolute Gasteiger partial charge is 0.455 e. The summed E-state index contributed by atoms with van der Waals surface area (Å²) in [5.74, 6) is 1.25. The zero-order valence-electron chi connectivity index (χ0n) is 13.4. The second-order valence-electron chi connectivity index (χ2n) is 5.15. The Hall–Kier alpha value is -3.60. The Morgan fingerprint density at radius 3 is 2.24 bits per heavy atom. The number of anilines is 1. The van der Waals surface area contributed by atoms with Crippen molar-refractivity contribution in [3.05, 3.63) is 90.5 Å². The molecule has 0 spiro atoms. The Bertz CT molecular complexity index is 849. The number of urea groups is 1. The number of ether oxygens (including phenoxy) is 1. The molecule has 3 aromatic rings. The van der Waals surface area contributed by atoms with E-state index in [1.807, 2.05) is 72.8 Å². The lowest BCUT2D eigenvalue weighted by atomic mass is 10.2. The molecule has 2 N–H and O–H groups in total. The van der Waals surface area contributed by atoms with Crippen LogP contribution in [0.15, 0.2) is 90.0 Å². The summed E-state index contributed by atoms with van der Waals surface area (Å²) in [5, 5.41) is 6.65. The first-order chi connectivity index (χ1) is 12.3. The molecule has 0 saturated heterocycles. The molecule has 0 unspecified atom stereocenters. The molecule has 0 bridgehead atoms. The first-order valence-electron chi connectivity index (χ1n) is 7.78. The van der Waals surface area contributed by atoms with Crippen LogP contribution in [0.5, 0.6) is 11.5 Å². The van der Waals surface area contributed by atoms with Gasteiger partial charge in [0.25, 0.3) is 0 Å². The lowest BCUT2D eigenvalue weighted by Gasteiger charge is -2.11. The van der Waals surface area contributed by atoms with Crippen molar-refractivity contribution in [3.8, 4) is 11.5 Å². The highest BCUT2D eigenvalue weighted by Gasteiger charge is 2.07. The highest BCUT2D eigenvalue weighted by atomic mass is 16.5. The second-order valence-corrected chi connectivity index (χ2v) is 5.15. The summed E-state index contributed by atoms with van der Waals surface area (Å²) in [6.07, 6.45) is 1.58. The van der Waals surface area contributed by atoms with E-state index in [9.17, 15) is 4.79 Å². The molecule has 0 atom stereocenters. The fraction of sp³-hybridized carbons (Fsp3) is 0. The summed E-state index contributed by atoms with van der Waals surface area (Å²) >= 11 is 0. The van der Waals surface area contributed by atoms with Crippen molar-refractivity contribution in [2.24, 2.45) is 5.10 Å². The molecule has 0 aliphatic carbocycles. The summed E-state index contributed by atoms with van der Waals surface area (Å²) in [6.45, 7) is 0. The average Bonchev–Trinajstić information content (AvgIpc) is 2.65. The van der Waals surface area contributed by atoms with Gasteiger partial charge in [0, 0.05) is 0 Å². The molecule has 3 aromatic carbocycles. The zero-order chi connectivity index (χ0) is 17.3. The molecular weight excluding hydrogens is 314 g/mol. The normalized spacial score (nSPS) is 10.4. The number of nitrogens with one attached hydrogen (secondary N) is 2. The first-order valence-corrected chi connectivity index (χ1v) is 7.78. The number of carbonyl (C=O) groups is 1. The maximum absolute atomic E-state index is 12.0. The fourth-order valence-electron chi connectivity index (χ4n) is 2.13. The molecule has 0 aliphatic rings. The van der Waals surface area contributed by atoms with Gasteiger partial charge in [-0.2, -0.15) is 5.10 Å². The standard InChI is InChI=1S/C20H17N3O2/c24-20(23-21-15-16-9-3-1-4-10-16)22-18-13-7-8-14-19(18)25-17-11-5-2-6-12-17/h1-15H,(H2,22,23,24)/b21-15+. The Balaban J connectivity index is 1.62. The first kappa shape index (κ1) is 16.3. The number of hydrogen-bond donors (Lipinski definition) is 2. The van der Waals surface area contributed by atoms with E-state index in [2.05, 4.69) is 15.8 Å². The van der Waals surface area contributed by atoms with E-state index in [0.29, 0.717) is 17.2 Å². The van der Waals surface area contributed by atoms with Crippen molar-refractivity contribution < 1.29 is 9.53 Å². The van der Waals surface area contributed by atoms with E-state index >= 15 is 0 Å². The molecule has 3 rings (SSSR count). The third-order valence-corrected chi connectivity index (χ3v) is 3.29. The van der Waals surface area contributed by atoms with Crippen LogP contribution in [0.2, 0.25) is 0 Å². The molecule has 0 heterocycles. The van der Waals surface area contributed by atoms with Crippen molar-refractivity contribution in [1.82, 2.24) is 5.43 Å². The molecule has 0 radical (unpaired) electrons. The van der Waals surface area contributed by atoms with Gasteiger partial charge in [0.1, 0.15) is 5.75 Å². The van der Waals surface area contributed by atoms with Crippen LogP contribution in [0, 0.1) is 0 Å². The number of hydrazone groups is 1. The van der Waals surface area contributed by atoms with Gasteiger partial charge in [-0.15, -0.1) is 0 Å². The van der Waals surface area contributed by atoms with Gasteiger partial charge in [-0.25, -0.2) is 10.2 Å². The van der Waals surface area contributed by atoms with Gasteiger partial charge >= 0.3 is 6.03 Å². The minimum Gasteiger partial charge on any atom is -0.455 e. The van der Waals surface area contributed by atoms with E-state index in [-0.39, 0.29) is 0 Å². The predicted molar refractivity (Wildman–Crippen MR) is 99.1 cm³/mol. The van der Waals surface area contributed by atoms with Crippen LogP contribution < -0.4 is 15.5 Å². The Labute approximate surface area is 146 Å². The molecule has 0 fully saturated rings. The Kier molecular flexibility index (Phi) is 5.40. The molecular formula is C20H17N3O2. The molecule has 0 saturated carbocycles. The average molecular weight is 331 g/mol. The highest BCUT2D eigenvalue weighted by molar-refractivity contribution is 5.91. The third kappa shape index (κ3) is 4.94. The Morgan fingerprint density at radius 1 is 0.840 bits per heavy atom. The number of hydrogen-bond acceptors (Lipinski definition) is 3. The summed E-state index contributed by atoms with van der Waals surface area (Å²) in [4.78, 5) is 12.0. The number of para-hydroxylation sites is 3. The fourth-order valence-corrected chi connectivity index (χ4v) is 2.13. The summed E-state index contributed by atoms with van der Waals surface area (Å²) in [5.41, 5.74) is 3.89. The van der Waals surface area contributed by atoms with Crippen LogP contribution in [-0.4, -0.2) is 12.2 Å². The monoisotopic (exact) mass is 331 g/mol. The lowest BCUT2D eigenvalue weighted by Crippen LogP contribution is -2.24. The number of nitrogens with zero attached hydrogens (tertiary/aromatic N) is 1. The number of carbonyl (C=O) groups excluding carboxylic acids is 1. The van der Waals surface area contributed by atoms with Gasteiger partial charge in [-0.3, -0.25) is 0 Å². The van der Waals surface area contributed by atoms with E-state index in [1.54, 1.807) is 18.3 Å². The molecule has 0 aromatic heterocycles. The van der Waals surface area contributed by atoms with Crippen molar-refractivity contribution in [3.63, 3.8) is 0 Å². The third-order valence-electron chi connectivity index (χ3n) is 3.29. The maximum Gasteiger partial charge on any atom is 0.339 e. The van der Waals surface area contributed by atoms with E-state index < -0.39 is 6.03 Å². The molecule has 5 heteroatoms. The topological polar surface area (TPSA) is 62.7 Å². The van der Waals surface area contributed by atoms with Crippen molar-refractivity contribution in [2.45, 2.75) is 0 Å². The van der Waals surface area contributed by atoms with Gasteiger partial charge in [0.05, 0.1) is 11.9 Å². The molecule has 0 aliphatic heterocycles. The van der Waals surface area contributed by atoms with Crippen LogP contribution in [0.4, 0.5) is 10.5 Å². The van der Waals surface area contributed by atoms with E-state index in [4.69, 9.17) is 4.74 Å². The van der Waals surface area contributed by atoms with E-state index in [1.165, 1.54) is 0 Å². The number of rotatable bonds is 5. The van der Waals surface area contributed by atoms with Crippen molar-refractivity contribution in [2.75, 3.05) is 5.32 Å². The van der Waals surface area contributed by atoms with E-state index in [0.717, 1.165) is 5.56 Å². The number of benzene rings is 3. The van der Waals surface area contributed by atoms with Crippen LogP contribution in [0.25, 0.3) is 0 Å². The second kappa shape index (κ2) is 8.31. The smallest absolute Gasteiger partial charge is 0.339 e. The van der Waals surface area contributed by atoms with Crippen LogP contribution in [0.1, 0.15) is 5.56 Å². The highest BCUT2D eigenvalue weighted by Crippen LogP contribution is 2.28. The summed E-state index contributed by atoms with van der Waals surface area (Å²) in [6, 6.07) is 25.7. The SMILES string of the molecule is O=C(N/N=C/c1ccccc1)Nc1ccccc1Oc1ccccc1. The van der Waals surface area contributed by atoms with Crippen molar-refractivity contribution >= 4 is 17.9 Å². The molecule has 25 heavy (non-hydrogen) atoms. The van der Waals surface area contributed by atoms with Gasteiger partial charge in [-0.05, 0) is 29.8 Å².